The van der Waals surface area contributed by atoms with Crippen molar-refractivity contribution >= 4 is 16.9 Å². The number of aromatic amines is 1. The van der Waals surface area contributed by atoms with Gasteiger partial charge in [0.1, 0.15) is 17.8 Å². The fraction of sp³-hybridized carbons (Fsp3) is 0.167. The van der Waals surface area contributed by atoms with Crippen LogP contribution in [-0.4, -0.2) is 56.0 Å². The Bertz CT molecular complexity index is 1470. The van der Waals surface area contributed by atoms with Crippen molar-refractivity contribution in [2.24, 2.45) is 0 Å². The maximum atomic E-state index is 14.5. The number of H-pyrrole nitrogens is 1. The van der Waals surface area contributed by atoms with Gasteiger partial charge in [0.05, 0.1) is 18.9 Å². The summed E-state index contributed by atoms with van der Waals surface area (Å²) < 4.78 is 35.1. The van der Waals surface area contributed by atoms with Crippen molar-refractivity contribution in [1.29, 1.82) is 0 Å². The highest BCUT2D eigenvalue weighted by atomic mass is 19.2. The van der Waals surface area contributed by atoms with Crippen LogP contribution in [0.3, 0.4) is 0 Å². The quantitative estimate of drug-likeness (QED) is 0.438. The van der Waals surface area contributed by atoms with Crippen molar-refractivity contribution in [3.8, 4) is 28.2 Å². The van der Waals surface area contributed by atoms with Crippen molar-refractivity contribution in [2.75, 3.05) is 31.2 Å². The largest absolute Gasteiger partial charge is 0.378 e. The summed E-state index contributed by atoms with van der Waals surface area (Å²) in [5, 5.41) is 8.88. The van der Waals surface area contributed by atoms with E-state index in [1.807, 2.05) is 24.4 Å². The molecular formula is C24H19F2N7O. The third kappa shape index (κ3) is 3.48. The lowest BCUT2D eigenvalue weighted by atomic mass is 10.1. The number of halogens is 2. The summed E-state index contributed by atoms with van der Waals surface area (Å²) >= 11 is 0. The first-order valence-electron chi connectivity index (χ1n) is 10.8. The Morgan fingerprint density at radius 3 is 2.65 bits per heavy atom. The lowest BCUT2D eigenvalue weighted by molar-refractivity contribution is 0.122. The number of nitrogens with one attached hydrogen (secondary N) is 1. The Morgan fingerprint density at radius 2 is 1.82 bits per heavy atom. The van der Waals surface area contributed by atoms with Gasteiger partial charge in [0.15, 0.2) is 17.5 Å². The van der Waals surface area contributed by atoms with Gasteiger partial charge in [0, 0.05) is 53.8 Å². The lowest BCUT2D eigenvalue weighted by Crippen LogP contribution is -2.36. The Morgan fingerprint density at radius 1 is 0.971 bits per heavy atom. The molecule has 0 saturated carbocycles. The molecule has 1 fully saturated rings. The van der Waals surface area contributed by atoms with Crippen LogP contribution in [0.1, 0.15) is 0 Å². The number of pyridine rings is 2. The molecule has 170 valence electrons. The van der Waals surface area contributed by atoms with Crippen LogP contribution in [0.4, 0.5) is 14.6 Å². The molecule has 1 N–H and O–H groups in total. The molecule has 0 aliphatic carbocycles. The van der Waals surface area contributed by atoms with Crippen LogP contribution < -0.4 is 4.90 Å². The first-order chi connectivity index (χ1) is 16.7. The van der Waals surface area contributed by atoms with E-state index in [9.17, 15) is 8.78 Å². The summed E-state index contributed by atoms with van der Waals surface area (Å²) in [5.41, 5.74) is 3.13. The first-order valence-corrected chi connectivity index (χ1v) is 10.8. The molecule has 0 unspecified atom stereocenters. The van der Waals surface area contributed by atoms with Gasteiger partial charge in [-0.15, -0.1) is 10.2 Å². The van der Waals surface area contributed by atoms with Gasteiger partial charge in [0.25, 0.3) is 0 Å². The Kier molecular flexibility index (Phi) is 4.99. The number of rotatable bonds is 4. The van der Waals surface area contributed by atoms with Crippen LogP contribution in [0.15, 0.2) is 61.3 Å². The van der Waals surface area contributed by atoms with Gasteiger partial charge in [-0.3, -0.25) is 4.57 Å². The van der Waals surface area contributed by atoms with Gasteiger partial charge >= 0.3 is 0 Å². The monoisotopic (exact) mass is 459 g/mol. The molecule has 1 saturated heterocycles. The third-order valence-corrected chi connectivity index (χ3v) is 5.93. The number of fused-ring (bicyclic) bond motifs is 1. The highest BCUT2D eigenvalue weighted by molar-refractivity contribution is 5.94. The predicted molar refractivity (Wildman–Crippen MR) is 123 cm³/mol. The summed E-state index contributed by atoms with van der Waals surface area (Å²) in [6.07, 6.45) is 6.69. The summed E-state index contributed by atoms with van der Waals surface area (Å²) in [6.45, 7) is 3.03. The van der Waals surface area contributed by atoms with Crippen molar-refractivity contribution in [3.63, 3.8) is 0 Å². The molecule has 1 aliphatic heterocycles. The number of hydrogen-bond donors (Lipinski definition) is 1. The van der Waals surface area contributed by atoms with Crippen molar-refractivity contribution in [1.82, 2.24) is 29.7 Å². The van der Waals surface area contributed by atoms with Gasteiger partial charge in [-0.25, -0.2) is 18.7 Å². The smallest absolute Gasteiger partial charge is 0.182 e. The number of aromatic nitrogens is 6. The van der Waals surface area contributed by atoms with Crippen molar-refractivity contribution in [2.45, 2.75) is 0 Å². The van der Waals surface area contributed by atoms with Crippen LogP contribution in [0.5, 0.6) is 0 Å². The van der Waals surface area contributed by atoms with Crippen LogP contribution in [-0.2, 0) is 4.74 Å². The summed E-state index contributed by atoms with van der Waals surface area (Å²) in [6, 6.07) is 9.97. The van der Waals surface area contributed by atoms with E-state index >= 15 is 0 Å². The molecule has 8 nitrogen and oxygen atoms in total. The fourth-order valence-corrected chi connectivity index (χ4v) is 4.16. The molecular weight excluding hydrogens is 440 g/mol. The number of benzene rings is 1. The van der Waals surface area contributed by atoms with E-state index in [2.05, 4.69) is 30.0 Å². The van der Waals surface area contributed by atoms with Crippen molar-refractivity contribution < 1.29 is 13.5 Å². The predicted octanol–water partition coefficient (Wildman–Crippen LogP) is 3.99. The average Bonchev–Trinajstić information content (AvgIpc) is 3.53. The van der Waals surface area contributed by atoms with E-state index in [4.69, 9.17) is 4.74 Å². The van der Waals surface area contributed by atoms with E-state index in [0.29, 0.717) is 30.2 Å². The number of anilines is 1. The van der Waals surface area contributed by atoms with E-state index in [1.165, 1.54) is 23.0 Å². The Balaban J connectivity index is 1.38. The number of nitrogens with zero attached hydrogens (tertiary/aromatic N) is 6. The second kappa shape index (κ2) is 8.31. The number of hydrogen-bond acceptors (Lipinski definition) is 6. The zero-order valence-electron chi connectivity index (χ0n) is 17.9. The molecule has 0 bridgehead atoms. The van der Waals surface area contributed by atoms with Gasteiger partial charge in [-0.1, -0.05) is 6.07 Å². The number of morpholine rings is 1. The van der Waals surface area contributed by atoms with Crippen LogP contribution in [0.2, 0.25) is 0 Å². The Labute approximate surface area is 192 Å². The van der Waals surface area contributed by atoms with Crippen LogP contribution in [0, 0.1) is 11.6 Å². The van der Waals surface area contributed by atoms with E-state index in [1.54, 1.807) is 12.4 Å². The minimum atomic E-state index is -0.964. The van der Waals surface area contributed by atoms with Gasteiger partial charge in [-0.2, -0.15) is 0 Å². The molecule has 6 rings (SSSR count). The minimum absolute atomic E-state index is 0.0290. The minimum Gasteiger partial charge on any atom is -0.378 e. The SMILES string of the molecule is Fc1cccc(-n2cnnc2-c2c[nH]c3ncc(-c4ccc(N5CCOCC5)nc4)cc23)c1F. The molecule has 4 aromatic heterocycles. The van der Waals surface area contributed by atoms with Gasteiger partial charge < -0.3 is 14.6 Å². The third-order valence-electron chi connectivity index (χ3n) is 5.93. The molecule has 0 spiro atoms. The maximum absolute atomic E-state index is 14.5. The highest BCUT2D eigenvalue weighted by Gasteiger charge is 2.19. The molecule has 0 amide bonds. The molecule has 5 aromatic rings. The number of ether oxygens (including phenoxy) is 1. The second-order valence-corrected chi connectivity index (χ2v) is 7.92. The normalized spacial score (nSPS) is 14.1. The topological polar surface area (TPSA) is 84.8 Å². The van der Waals surface area contributed by atoms with Gasteiger partial charge in [0.2, 0.25) is 0 Å². The van der Waals surface area contributed by atoms with Crippen molar-refractivity contribution in [3.05, 3.63) is 73.0 Å². The van der Waals surface area contributed by atoms with E-state index in [-0.39, 0.29) is 5.69 Å². The molecule has 1 aliphatic rings. The average molecular weight is 459 g/mol. The van der Waals surface area contributed by atoms with E-state index in [0.717, 1.165) is 41.5 Å². The highest BCUT2D eigenvalue weighted by Crippen LogP contribution is 2.32. The van der Waals surface area contributed by atoms with Gasteiger partial charge in [-0.05, 0) is 30.3 Å². The molecule has 1 aromatic carbocycles. The summed E-state index contributed by atoms with van der Waals surface area (Å²) in [5.74, 6) is -0.620. The van der Waals surface area contributed by atoms with E-state index < -0.39 is 11.6 Å². The van der Waals surface area contributed by atoms with Crippen LogP contribution >= 0.6 is 0 Å². The first kappa shape index (κ1) is 20.4. The molecule has 5 heterocycles. The maximum Gasteiger partial charge on any atom is 0.182 e. The zero-order chi connectivity index (χ0) is 23.1. The van der Waals surface area contributed by atoms with Crippen LogP contribution in [0.25, 0.3) is 39.2 Å². The Hall–Kier alpha value is -4.18. The molecule has 0 radical (unpaired) electrons. The molecule has 0 atom stereocenters. The molecule has 10 heteroatoms. The zero-order valence-corrected chi connectivity index (χ0v) is 17.9. The fourth-order valence-electron chi connectivity index (χ4n) is 4.16. The summed E-state index contributed by atoms with van der Waals surface area (Å²) in [4.78, 5) is 14.5. The second-order valence-electron chi connectivity index (χ2n) is 7.92. The summed E-state index contributed by atoms with van der Waals surface area (Å²) in [7, 11) is 0. The standard InChI is InChI=1S/C24H19F2N7O/c25-19-2-1-3-20(22(19)26)33-14-30-31-24(33)18-13-29-23-17(18)10-16(12-28-23)15-4-5-21(27-11-15)32-6-8-34-9-7-32/h1-5,10-14H,6-9H2,(H,28,29). The lowest BCUT2D eigenvalue weighted by Gasteiger charge is -2.27. The molecule has 34 heavy (non-hydrogen) atoms.